The highest BCUT2D eigenvalue weighted by Gasteiger charge is 2.20. The van der Waals surface area contributed by atoms with Gasteiger partial charge in [0.2, 0.25) is 5.91 Å². The van der Waals surface area contributed by atoms with Gasteiger partial charge in [0.05, 0.1) is 11.7 Å². The molecule has 1 atom stereocenters. The summed E-state index contributed by atoms with van der Waals surface area (Å²) in [5.41, 5.74) is 10.2. The molecule has 2 aromatic carbocycles. The van der Waals surface area contributed by atoms with Crippen LogP contribution in [0.15, 0.2) is 54.9 Å². The number of carbonyl (C=O) groups is 1. The van der Waals surface area contributed by atoms with E-state index >= 15 is 0 Å². The second-order valence-electron chi connectivity index (χ2n) is 8.54. The van der Waals surface area contributed by atoms with E-state index in [1.165, 1.54) is 29.4 Å². The van der Waals surface area contributed by atoms with Crippen molar-refractivity contribution in [2.45, 2.75) is 32.4 Å². The predicted octanol–water partition coefficient (Wildman–Crippen LogP) is 3.46. The number of H-pyrrole nitrogens is 1. The fraction of sp³-hybridized carbons (Fsp3) is 0.333. The van der Waals surface area contributed by atoms with Gasteiger partial charge in [-0.1, -0.05) is 18.2 Å². The number of aromatic nitrogens is 3. The first-order valence-corrected chi connectivity index (χ1v) is 10.6. The van der Waals surface area contributed by atoms with E-state index in [2.05, 4.69) is 51.5 Å². The average Bonchev–Trinajstić information content (AvgIpc) is 3.34. The monoisotopic (exact) mass is 401 g/mol. The largest absolute Gasteiger partial charge is 0.368 e. The zero-order valence-corrected chi connectivity index (χ0v) is 17.1. The number of fused-ring (bicyclic) bond motifs is 2. The highest BCUT2D eigenvalue weighted by molar-refractivity contribution is 5.83. The quantitative estimate of drug-likeness (QED) is 0.519. The Morgan fingerprint density at radius 1 is 1.13 bits per heavy atom. The summed E-state index contributed by atoms with van der Waals surface area (Å²) < 4.78 is 1.94. The molecule has 0 aliphatic carbocycles. The Labute approximate surface area is 175 Å². The van der Waals surface area contributed by atoms with Crippen molar-refractivity contribution in [1.82, 2.24) is 19.7 Å². The zero-order chi connectivity index (χ0) is 20.5. The number of hydrogen-bond donors (Lipinski definition) is 2. The fourth-order valence-electron chi connectivity index (χ4n) is 4.81. The number of primary amides is 1. The smallest absolute Gasteiger partial charge is 0.237 e. The Morgan fingerprint density at radius 2 is 2.03 bits per heavy atom. The van der Waals surface area contributed by atoms with Crippen LogP contribution in [0.2, 0.25) is 0 Å². The molecule has 5 rings (SSSR count). The molecule has 30 heavy (non-hydrogen) atoms. The molecular formula is C24H27N5O. The number of hydrogen-bond acceptors (Lipinski definition) is 3. The molecule has 1 fully saturated rings. The summed E-state index contributed by atoms with van der Waals surface area (Å²) in [5.74, 6) is 0.357. The molecule has 1 amide bonds. The molecule has 1 unspecified atom stereocenters. The number of likely N-dealkylation sites (tertiary alicyclic amines) is 1. The van der Waals surface area contributed by atoms with Gasteiger partial charge in [0.1, 0.15) is 6.54 Å². The highest BCUT2D eigenvalue weighted by Crippen LogP contribution is 2.25. The van der Waals surface area contributed by atoms with Gasteiger partial charge in [0, 0.05) is 30.2 Å². The molecule has 1 saturated heterocycles. The Balaban J connectivity index is 1.27. The zero-order valence-electron chi connectivity index (χ0n) is 17.1. The maximum Gasteiger partial charge on any atom is 0.237 e. The summed E-state index contributed by atoms with van der Waals surface area (Å²) in [7, 11) is 0. The van der Waals surface area contributed by atoms with E-state index in [-0.39, 0.29) is 12.5 Å². The van der Waals surface area contributed by atoms with Gasteiger partial charge >= 0.3 is 0 Å². The van der Waals surface area contributed by atoms with E-state index < -0.39 is 0 Å². The first kappa shape index (κ1) is 18.9. The van der Waals surface area contributed by atoms with Crippen molar-refractivity contribution in [3.63, 3.8) is 0 Å². The van der Waals surface area contributed by atoms with Crippen LogP contribution in [0.3, 0.4) is 0 Å². The molecule has 0 radical (unpaired) electrons. The first-order valence-electron chi connectivity index (χ1n) is 10.6. The lowest BCUT2D eigenvalue weighted by molar-refractivity contribution is -0.118. The van der Waals surface area contributed by atoms with E-state index in [9.17, 15) is 4.79 Å². The Kier molecular flexibility index (Phi) is 5.01. The number of nitrogens with two attached hydrogens (primary N) is 1. The molecule has 6 nitrogen and oxygen atoms in total. The number of piperidine rings is 1. The summed E-state index contributed by atoms with van der Waals surface area (Å²) in [5, 5.41) is 9.48. The van der Waals surface area contributed by atoms with Crippen LogP contribution in [0.4, 0.5) is 0 Å². The summed E-state index contributed by atoms with van der Waals surface area (Å²) in [4.78, 5) is 13.9. The van der Waals surface area contributed by atoms with Crippen LogP contribution < -0.4 is 5.73 Å². The minimum atomic E-state index is -0.314. The van der Waals surface area contributed by atoms with E-state index in [4.69, 9.17) is 5.73 Å². The Hall–Kier alpha value is -3.12. The van der Waals surface area contributed by atoms with Gasteiger partial charge < -0.3 is 10.3 Å². The minimum Gasteiger partial charge on any atom is -0.368 e. The fourth-order valence-corrected chi connectivity index (χ4v) is 4.81. The van der Waals surface area contributed by atoms with Gasteiger partial charge in [0.15, 0.2) is 0 Å². The van der Waals surface area contributed by atoms with E-state index in [1.54, 1.807) is 0 Å². The number of benzene rings is 2. The van der Waals surface area contributed by atoms with Gasteiger partial charge in [-0.2, -0.15) is 5.10 Å². The van der Waals surface area contributed by atoms with E-state index in [1.807, 2.05) is 23.0 Å². The summed E-state index contributed by atoms with van der Waals surface area (Å²) in [6.07, 6.45) is 7.46. The number of nitrogens with zero attached hydrogens (tertiary/aromatic N) is 3. The maximum atomic E-state index is 11.3. The lowest BCUT2D eigenvalue weighted by Gasteiger charge is -2.33. The third-order valence-corrected chi connectivity index (χ3v) is 6.20. The minimum absolute atomic E-state index is 0.222. The lowest BCUT2D eigenvalue weighted by Crippen LogP contribution is -2.35. The van der Waals surface area contributed by atoms with Crippen molar-refractivity contribution in [3.05, 3.63) is 66.0 Å². The molecule has 154 valence electrons. The van der Waals surface area contributed by atoms with Gasteiger partial charge in [-0.3, -0.25) is 14.8 Å². The van der Waals surface area contributed by atoms with Crippen LogP contribution in [0.25, 0.3) is 21.8 Å². The number of carbonyl (C=O) groups excluding carboxylic acids is 1. The molecule has 2 aromatic heterocycles. The second-order valence-corrected chi connectivity index (χ2v) is 8.54. The molecule has 1 aliphatic heterocycles. The van der Waals surface area contributed by atoms with Gasteiger partial charge in [-0.15, -0.1) is 0 Å². The molecule has 0 spiro atoms. The second kappa shape index (κ2) is 7.95. The Bertz CT molecular complexity index is 1190. The van der Waals surface area contributed by atoms with Gasteiger partial charge in [-0.05, 0) is 72.5 Å². The third-order valence-electron chi connectivity index (χ3n) is 6.20. The van der Waals surface area contributed by atoms with Crippen molar-refractivity contribution >= 4 is 27.7 Å². The summed E-state index contributed by atoms with van der Waals surface area (Å²) in [6, 6.07) is 15.2. The molecule has 4 aromatic rings. The number of rotatable bonds is 6. The summed E-state index contributed by atoms with van der Waals surface area (Å²) >= 11 is 0. The van der Waals surface area contributed by atoms with Gasteiger partial charge in [-0.25, -0.2) is 0 Å². The van der Waals surface area contributed by atoms with Crippen LogP contribution in [-0.4, -0.2) is 38.7 Å². The van der Waals surface area contributed by atoms with Crippen molar-refractivity contribution in [2.75, 3.05) is 13.1 Å². The maximum absolute atomic E-state index is 11.3. The molecular weight excluding hydrogens is 374 g/mol. The van der Waals surface area contributed by atoms with Crippen LogP contribution in [0, 0.1) is 5.92 Å². The lowest BCUT2D eigenvalue weighted by atomic mass is 9.90. The SMILES string of the molecule is NC(=O)Cn1ccc2ccc(CN3CCCC(Cc4ccc5[nH]ncc5c4)C3)cc21. The predicted molar refractivity (Wildman–Crippen MR) is 119 cm³/mol. The molecule has 0 bridgehead atoms. The summed E-state index contributed by atoms with van der Waals surface area (Å²) in [6.45, 7) is 3.41. The number of nitrogens with one attached hydrogen (secondary N) is 1. The van der Waals surface area contributed by atoms with E-state index in [0.717, 1.165) is 42.5 Å². The molecule has 3 N–H and O–H groups in total. The molecule has 1 aliphatic rings. The molecule has 6 heteroatoms. The highest BCUT2D eigenvalue weighted by atomic mass is 16.1. The van der Waals surface area contributed by atoms with Crippen LogP contribution in [0.1, 0.15) is 24.0 Å². The van der Waals surface area contributed by atoms with Gasteiger partial charge in [0.25, 0.3) is 0 Å². The average molecular weight is 402 g/mol. The molecule has 3 heterocycles. The van der Waals surface area contributed by atoms with Crippen molar-refractivity contribution in [2.24, 2.45) is 11.7 Å². The van der Waals surface area contributed by atoms with Crippen LogP contribution in [0.5, 0.6) is 0 Å². The normalized spacial score (nSPS) is 17.7. The van der Waals surface area contributed by atoms with Crippen LogP contribution in [-0.2, 0) is 24.3 Å². The standard InChI is InChI=1S/C24H27N5O/c25-24(30)16-29-9-7-20-5-3-19(12-23(20)29)15-28-8-1-2-18(14-28)10-17-4-6-22-21(11-17)13-26-27-22/h3-7,9,11-13,18H,1-2,8,10,14-16H2,(H2,25,30)(H,26,27). The number of aromatic amines is 1. The van der Waals surface area contributed by atoms with Crippen molar-refractivity contribution in [3.8, 4) is 0 Å². The van der Waals surface area contributed by atoms with Crippen molar-refractivity contribution in [1.29, 1.82) is 0 Å². The number of amides is 1. The van der Waals surface area contributed by atoms with Crippen LogP contribution >= 0.6 is 0 Å². The third kappa shape index (κ3) is 3.96. The topological polar surface area (TPSA) is 79.9 Å². The first-order chi connectivity index (χ1) is 14.6. The Morgan fingerprint density at radius 3 is 2.93 bits per heavy atom. The van der Waals surface area contributed by atoms with E-state index in [0.29, 0.717) is 5.92 Å². The molecule has 0 saturated carbocycles. The van der Waals surface area contributed by atoms with Crippen molar-refractivity contribution < 1.29 is 4.79 Å².